The lowest BCUT2D eigenvalue weighted by molar-refractivity contribution is -0.122. The molecule has 0 aromatic heterocycles. The summed E-state index contributed by atoms with van der Waals surface area (Å²) in [7, 11) is 0. The number of nitrogens with one attached hydrogen (secondary N) is 2. The maximum Gasteiger partial charge on any atom is 0.223 e. The fraction of sp³-hybridized carbons (Fsp3) is 0.381. The van der Waals surface area contributed by atoms with Crippen molar-refractivity contribution < 1.29 is 9.53 Å². The van der Waals surface area contributed by atoms with Crippen LogP contribution < -0.4 is 15.4 Å². The molecule has 4 nitrogen and oxygen atoms in total. The molecule has 0 bridgehead atoms. The number of para-hydroxylation sites is 1. The van der Waals surface area contributed by atoms with Crippen molar-refractivity contribution in [2.75, 3.05) is 13.2 Å². The maximum atomic E-state index is 12.2. The highest BCUT2D eigenvalue weighted by Crippen LogP contribution is 2.29. The second-order valence-electron chi connectivity index (χ2n) is 6.60. The molecule has 26 heavy (non-hydrogen) atoms. The molecular formula is C21H27ClN2O2. The number of amides is 1. The summed E-state index contributed by atoms with van der Waals surface area (Å²) in [6.45, 7) is 3.51. The SMILES string of the molecule is CC1CC(NC(=O)CCOc2ccccc2-c2ccccc2)CCN1.Cl. The van der Waals surface area contributed by atoms with Crippen LogP contribution in [-0.4, -0.2) is 31.1 Å². The number of ether oxygens (including phenoxy) is 1. The van der Waals surface area contributed by atoms with E-state index < -0.39 is 0 Å². The molecule has 3 rings (SSSR count). The Balaban J connectivity index is 0.00000243. The van der Waals surface area contributed by atoms with E-state index in [4.69, 9.17) is 4.74 Å². The van der Waals surface area contributed by atoms with Crippen LogP contribution >= 0.6 is 12.4 Å². The first-order valence-electron chi connectivity index (χ1n) is 9.02. The van der Waals surface area contributed by atoms with E-state index in [0.29, 0.717) is 19.1 Å². The standard InChI is InChI=1S/C21H26N2O2.ClH/c1-16-15-18(11-13-22-16)23-21(24)12-14-25-20-10-6-5-9-19(20)17-7-3-2-4-8-17;/h2-10,16,18,22H,11-15H2,1H3,(H,23,24);1H. The van der Waals surface area contributed by atoms with Crippen molar-refractivity contribution in [3.63, 3.8) is 0 Å². The van der Waals surface area contributed by atoms with Gasteiger partial charge in [0.15, 0.2) is 0 Å². The van der Waals surface area contributed by atoms with Crippen LogP contribution in [0.2, 0.25) is 0 Å². The smallest absolute Gasteiger partial charge is 0.223 e. The van der Waals surface area contributed by atoms with E-state index >= 15 is 0 Å². The van der Waals surface area contributed by atoms with Gasteiger partial charge in [0.05, 0.1) is 13.0 Å². The molecule has 2 N–H and O–H groups in total. The zero-order valence-electron chi connectivity index (χ0n) is 15.1. The molecule has 1 heterocycles. The number of rotatable bonds is 6. The highest BCUT2D eigenvalue weighted by molar-refractivity contribution is 5.85. The van der Waals surface area contributed by atoms with Crippen molar-refractivity contribution in [3.05, 3.63) is 54.6 Å². The minimum atomic E-state index is 0. The van der Waals surface area contributed by atoms with E-state index in [1.807, 2.05) is 42.5 Å². The van der Waals surface area contributed by atoms with Crippen LogP contribution in [0.15, 0.2) is 54.6 Å². The number of piperidine rings is 1. The summed E-state index contributed by atoms with van der Waals surface area (Å²) in [6.07, 6.45) is 2.36. The molecule has 1 saturated heterocycles. The van der Waals surface area contributed by atoms with Crippen molar-refractivity contribution in [1.29, 1.82) is 0 Å². The Morgan fingerprint density at radius 2 is 1.88 bits per heavy atom. The van der Waals surface area contributed by atoms with Gasteiger partial charge < -0.3 is 15.4 Å². The lowest BCUT2D eigenvalue weighted by atomic mass is 10.0. The Labute approximate surface area is 161 Å². The molecule has 0 saturated carbocycles. The Bertz CT molecular complexity index is 693. The molecule has 5 heteroatoms. The van der Waals surface area contributed by atoms with Crippen LogP contribution in [0.25, 0.3) is 11.1 Å². The Hall–Kier alpha value is -2.04. The number of halogens is 1. The molecule has 1 amide bonds. The van der Waals surface area contributed by atoms with Crippen LogP contribution in [0.1, 0.15) is 26.2 Å². The first-order chi connectivity index (χ1) is 12.2. The molecule has 140 valence electrons. The maximum absolute atomic E-state index is 12.2. The minimum Gasteiger partial charge on any atom is -0.492 e. The van der Waals surface area contributed by atoms with Crippen LogP contribution in [0, 0.1) is 0 Å². The number of hydrogen-bond donors (Lipinski definition) is 2. The van der Waals surface area contributed by atoms with Crippen molar-refractivity contribution in [2.24, 2.45) is 0 Å². The fourth-order valence-corrected chi connectivity index (χ4v) is 3.27. The molecule has 2 unspecified atom stereocenters. The molecule has 0 radical (unpaired) electrons. The number of carbonyl (C=O) groups excluding carboxylic acids is 1. The molecule has 2 aromatic carbocycles. The normalized spacial score (nSPS) is 19.3. The summed E-state index contributed by atoms with van der Waals surface area (Å²) in [5.41, 5.74) is 2.17. The molecule has 0 aliphatic carbocycles. The van der Waals surface area contributed by atoms with Gasteiger partial charge >= 0.3 is 0 Å². The van der Waals surface area contributed by atoms with E-state index in [9.17, 15) is 4.79 Å². The van der Waals surface area contributed by atoms with Gasteiger partial charge in [-0.15, -0.1) is 12.4 Å². The molecule has 2 aromatic rings. The summed E-state index contributed by atoms with van der Waals surface area (Å²) < 4.78 is 5.90. The van der Waals surface area contributed by atoms with Crippen molar-refractivity contribution in [2.45, 2.75) is 38.3 Å². The molecular weight excluding hydrogens is 348 g/mol. The Morgan fingerprint density at radius 3 is 2.65 bits per heavy atom. The van der Waals surface area contributed by atoms with Gasteiger partial charge in [0, 0.05) is 17.6 Å². The van der Waals surface area contributed by atoms with Crippen molar-refractivity contribution in [3.8, 4) is 16.9 Å². The molecule has 1 aliphatic heterocycles. The highest BCUT2D eigenvalue weighted by atomic mass is 35.5. The second kappa shape index (κ2) is 10.2. The van der Waals surface area contributed by atoms with Gasteiger partial charge in [0.1, 0.15) is 5.75 Å². The number of benzene rings is 2. The average molecular weight is 375 g/mol. The predicted octanol–water partition coefficient (Wildman–Crippen LogP) is 3.80. The molecule has 2 atom stereocenters. The molecule has 1 aliphatic rings. The lowest BCUT2D eigenvalue weighted by Crippen LogP contribution is -2.46. The predicted molar refractivity (Wildman–Crippen MR) is 108 cm³/mol. The van der Waals surface area contributed by atoms with Gasteiger partial charge in [-0.1, -0.05) is 48.5 Å². The first-order valence-corrected chi connectivity index (χ1v) is 9.02. The van der Waals surface area contributed by atoms with Crippen LogP contribution in [0.5, 0.6) is 5.75 Å². The zero-order chi connectivity index (χ0) is 17.5. The van der Waals surface area contributed by atoms with Gasteiger partial charge in [0.25, 0.3) is 0 Å². The Kier molecular flexibility index (Phi) is 7.95. The largest absolute Gasteiger partial charge is 0.492 e. The Morgan fingerprint density at radius 1 is 1.15 bits per heavy atom. The molecule has 1 fully saturated rings. The van der Waals surface area contributed by atoms with Gasteiger partial charge in [-0.2, -0.15) is 0 Å². The van der Waals surface area contributed by atoms with E-state index in [0.717, 1.165) is 36.3 Å². The van der Waals surface area contributed by atoms with Gasteiger partial charge in [-0.05, 0) is 37.9 Å². The lowest BCUT2D eigenvalue weighted by Gasteiger charge is -2.28. The summed E-state index contributed by atoms with van der Waals surface area (Å²) in [5, 5.41) is 6.52. The quantitative estimate of drug-likeness (QED) is 0.808. The minimum absolute atomic E-state index is 0. The van der Waals surface area contributed by atoms with Crippen LogP contribution in [0.4, 0.5) is 0 Å². The van der Waals surface area contributed by atoms with E-state index in [1.165, 1.54) is 0 Å². The number of carbonyl (C=O) groups is 1. The van der Waals surface area contributed by atoms with E-state index in [-0.39, 0.29) is 24.4 Å². The first kappa shape index (κ1) is 20.3. The summed E-state index contributed by atoms with van der Waals surface area (Å²) >= 11 is 0. The van der Waals surface area contributed by atoms with Crippen LogP contribution in [0.3, 0.4) is 0 Å². The van der Waals surface area contributed by atoms with E-state index in [2.05, 4.69) is 29.7 Å². The highest BCUT2D eigenvalue weighted by Gasteiger charge is 2.19. The third kappa shape index (κ3) is 5.75. The topological polar surface area (TPSA) is 50.4 Å². The monoisotopic (exact) mass is 374 g/mol. The van der Waals surface area contributed by atoms with Crippen molar-refractivity contribution in [1.82, 2.24) is 10.6 Å². The summed E-state index contributed by atoms with van der Waals surface area (Å²) in [4.78, 5) is 12.2. The average Bonchev–Trinajstić information content (AvgIpc) is 2.63. The van der Waals surface area contributed by atoms with Crippen molar-refractivity contribution >= 4 is 18.3 Å². The van der Waals surface area contributed by atoms with Crippen LogP contribution in [-0.2, 0) is 4.79 Å². The van der Waals surface area contributed by atoms with Gasteiger partial charge in [-0.25, -0.2) is 0 Å². The zero-order valence-corrected chi connectivity index (χ0v) is 15.9. The van der Waals surface area contributed by atoms with Gasteiger partial charge in [-0.3, -0.25) is 4.79 Å². The number of hydrogen-bond acceptors (Lipinski definition) is 3. The molecule has 0 spiro atoms. The third-order valence-electron chi connectivity index (χ3n) is 4.55. The summed E-state index contributed by atoms with van der Waals surface area (Å²) in [6, 6.07) is 18.8. The second-order valence-corrected chi connectivity index (χ2v) is 6.60. The van der Waals surface area contributed by atoms with Gasteiger partial charge in [0.2, 0.25) is 5.91 Å². The fourth-order valence-electron chi connectivity index (χ4n) is 3.27. The van der Waals surface area contributed by atoms with E-state index in [1.54, 1.807) is 0 Å². The third-order valence-corrected chi connectivity index (χ3v) is 4.55. The summed E-state index contributed by atoms with van der Waals surface area (Å²) in [5.74, 6) is 0.883.